The molecular formula is C22H25ClN4O5S. The van der Waals surface area contributed by atoms with Crippen molar-refractivity contribution in [2.75, 3.05) is 18.0 Å². The lowest BCUT2D eigenvalue weighted by Gasteiger charge is -2.27. The van der Waals surface area contributed by atoms with Gasteiger partial charge in [0.25, 0.3) is 15.9 Å². The number of rotatable bonds is 7. The lowest BCUT2D eigenvalue weighted by molar-refractivity contribution is -0.127. The summed E-state index contributed by atoms with van der Waals surface area (Å²) >= 11 is 5.71. The Bertz CT molecular complexity index is 1150. The van der Waals surface area contributed by atoms with E-state index >= 15 is 0 Å². The van der Waals surface area contributed by atoms with Crippen LogP contribution < -0.4 is 14.9 Å². The second-order valence-electron chi connectivity index (χ2n) is 8.37. The predicted octanol–water partition coefficient (Wildman–Crippen LogP) is 2.51. The molecule has 3 amide bonds. The monoisotopic (exact) mass is 492 g/mol. The Morgan fingerprint density at radius 1 is 1.12 bits per heavy atom. The van der Waals surface area contributed by atoms with Crippen molar-refractivity contribution in [3.05, 3.63) is 53.2 Å². The normalized spacial score (nSPS) is 14.6. The molecule has 0 radical (unpaired) electrons. The van der Waals surface area contributed by atoms with E-state index in [9.17, 15) is 22.8 Å². The topological polar surface area (TPSA) is 126 Å². The number of sulfonamides is 1. The lowest BCUT2D eigenvalue weighted by atomic mass is 9.92. The van der Waals surface area contributed by atoms with Crippen molar-refractivity contribution in [2.24, 2.45) is 5.41 Å². The van der Waals surface area contributed by atoms with Gasteiger partial charge in [0.15, 0.2) is 5.03 Å². The first-order valence-electron chi connectivity index (χ1n) is 10.4. The van der Waals surface area contributed by atoms with Crippen LogP contribution in [0.5, 0.6) is 0 Å². The van der Waals surface area contributed by atoms with Crippen LogP contribution in [0, 0.1) is 5.41 Å². The van der Waals surface area contributed by atoms with Gasteiger partial charge in [0.2, 0.25) is 11.8 Å². The summed E-state index contributed by atoms with van der Waals surface area (Å²) in [5, 5.41) is 2.58. The van der Waals surface area contributed by atoms with E-state index in [-0.39, 0.29) is 22.5 Å². The molecule has 1 aliphatic rings. The van der Waals surface area contributed by atoms with Crippen molar-refractivity contribution in [2.45, 2.75) is 38.1 Å². The highest BCUT2D eigenvalue weighted by Crippen LogP contribution is 2.22. The summed E-state index contributed by atoms with van der Waals surface area (Å²) in [5.74, 6) is -1.15. The van der Waals surface area contributed by atoms with Crippen LogP contribution in [0.4, 0.5) is 5.69 Å². The van der Waals surface area contributed by atoms with E-state index in [0.29, 0.717) is 18.5 Å². The Morgan fingerprint density at radius 3 is 2.42 bits per heavy atom. The second-order valence-corrected chi connectivity index (χ2v) is 10.4. The van der Waals surface area contributed by atoms with Crippen molar-refractivity contribution in [3.63, 3.8) is 0 Å². The molecule has 0 bridgehead atoms. The average molecular weight is 493 g/mol. The fourth-order valence-electron chi connectivity index (χ4n) is 3.19. The van der Waals surface area contributed by atoms with Crippen LogP contribution in [0.2, 0.25) is 5.02 Å². The molecule has 33 heavy (non-hydrogen) atoms. The van der Waals surface area contributed by atoms with E-state index < -0.39 is 27.3 Å². The first kappa shape index (κ1) is 24.7. The third-order valence-electron chi connectivity index (χ3n) is 5.27. The molecule has 0 aliphatic carbocycles. The summed E-state index contributed by atoms with van der Waals surface area (Å²) in [5.41, 5.74) is -0.135. The molecule has 1 saturated heterocycles. The van der Waals surface area contributed by atoms with Crippen LogP contribution >= 0.6 is 11.6 Å². The Morgan fingerprint density at radius 2 is 1.82 bits per heavy atom. The summed E-state index contributed by atoms with van der Waals surface area (Å²) in [6.07, 6.45) is 3.51. The second kappa shape index (κ2) is 9.88. The maximum absolute atomic E-state index is 12.6. The zero-order chi connectivity index (χ0) is 24.2. The van der Waals surface area contributed by atoms with Crippen LogP contribution in [0.3, 0.4) is 0 Å². The number of benzene rings is 1. The van der Waals surface area contributed by atoms with Gasteiger partial charge in [-0.25, -0.2) is 9.71 Å². The SMILES string of the molecule is CC(C)(CNC(=O)c1ccc(N2CCCCC2=O)cc1)C(=O)NS(=O)(=O)c1ccc(Cl)cn1. The molecule has 3 rings (SSSR count). The number of pyridine rings is 1. The molecule has 2 N–H and O–H groups in total. The van der Waals surface area contributed by atoms with Crippen LogP contribution in [0.25, 0.3) is 0 Å². The van der Waals surface area contributed by atoms with E-state index in [1.54, 1.807) is 29.2 Å². The first-order valence-corrected chi connectivity index (χ1v) is 12.2. The largest absolute Gasteiger partial charge is 0.351 e. The molecule has 1 aromatic heterocycles. The highest BCUT2D eigenvalue weighted by atomic mass is 35.5. The number of anilines is 1. The number of hydrogen-bond donors (Lipinski definition) is 2. The number of carbonyl (C=O) groups is 3. The van der Waals surface area contributed by atoms with Gasteiger partial charge < -0.3 is 10.2 Å². The Hall–Kier alpha value is -2.98. The van der Waals surface area contributed by atoms with Gasteiger partial charge >= 0.3 is 0 Å². The fraction of sp³-hybridized carbons (Fsp3) is 0.364. The van der Waals surface area contributed by atoms with Gasteiger partial charge in [0, 0.05) is 37.0 Å². The van der Waals surface area contributed by atoms with Gasteiger partial charge in [-0.15, -0.1) is 0 Å². The third-order valence-corrected chi connectivity index (χ3v) is 6.74. The van der Waals surface area contributed by atoms with Crippen molar-refractivity contribution in [1.82, 2.24) is 15.0 Å². The van der Waals surface area contributed by atoms with Crippen LogP contribution in [0.15, 0.2) is 47.6 Å². The molecule has 1 aromatic carbocycles. The predicted molar refractivity (Wildman–Crippen MR) is 123 cm³/mol. The zero-order valence-corrected chi connectivity index (χ0v) is 19.9. The van der Waals surface area contributed by atoms with Crippen molar-refractivity contribution in [1.29, 1.82) is 0 Å². The Kier molecular flexibility index (Phi) is 7.38. The van der Waals surface area contributed by atoms with Gasteiger partial charge in [-0.1, -0.05) is 11.6 Å². The molecule has 0 unspecified atom stereocenters. The zero-order valence-electron chi connectivity index (χ0n) is 18.3. The first-order chi connectivity index (χ1) is 15.5. The van der Waals surface area contributed by atoms with Gasteiger partial charge in [0.05, 0.1) is 10.4 Å². The Balaban J connectivity index is 1.59. The molecule has 2 heterocycles. The van der Waals surface area contributed by atoms with E-state index in [4.69, 9.17) is 11.6 Å². The molecule has 0 atom stereocenters. The minimum atomic E-state index is -4.18. The molecule has 2 aromatic rings. The molecule has 0 spiro atoms. The molecule has 176 valence electrons. The lowest BCUT2D eigenvalue weighted by Crippen LogP contribution is -2.46. The van der Waals surface area contributed by atoms with E-state index in [0.717, 1.165) is 18.5 Å². The van der Waals surface area contributed by atoms with Gasteiger partial charge in [-0.05, 0) is 63.1 Å². The molecule has 0 saturated carbocycles. The number of carbonyl (C=O) groups excluding carboxylic acids is 3. The van der Waals surface area contributed by atoms with Crippen molar-refractivity contribution in [3.8, 4) is 0 Å². The van der Waals surface area contributed by atoms with Crippen LogP contribution in [-0.2, 0) is 19.6 Å². The van der Waals surface area contributed by atoms with Gasteiger partial charge in [-0.2, -0.15) is 8.42 Å². The third kappa shape index (κ3) is 6.08. The fourth-order valence-corrected chi connectivity index (χ4v) is 4.36. The molecule has 1 fully saturated rings. The highest BCUT2D eigenvalue weighted by molar-refractivity contribution is 7.90. The average Bonchev–Trinajstić information content (AvgIpc) is 2.78. The maximum Gasteiger partial charge on any atom is 0.281 e. The standard InChI is InChI=1S/C22H25ClN4O5S/c1-22(2,21(30)26-33(31,32)18-11-8-16(23)13-24-18)14-25-20(29)15-6-9-17(10-7-15)27-12-4-3-5-19(27)28/h6-11,13H,3-5,12,14H2,1-2H3,(H,25,29)(H,26,30). The minimum Gasteiger partial charge on any atom is -0.351 e. The number of aromatic nitrogens is 1. The minimum absolute atomic E-state index is 0.0648. The number of amides is 3. The van der Waals surface area contributed by atoms with E-state index in [1.807, 2.05) is 4.72 Å². The molecule has 11 heteroatoms. The summed E-state index contributed by atoms with van der Waals surface area (Å²) in [6, 6.07) is 9.18. The molecular weight excluding hydrogens is 468 g/mol. The summed E-state index contributed by atoms with van der Waals surface area (Å²) in [6.45, 7) is 3.58. The molecule has 1 aliphatic heterocycles. The van der Waals surface area contributed by atoms with E-state index in [2.05, 4.69) is 10.3 Å². The number of nitrogens with zero attached hydrogens (tertiary/aromatic N) is 2. The summed E-state index contributed by atoms with van der Waals surface area (Å²) in [7, 11) is -4.18. The van der Waals surface area contributed by atoms with Crippen molar-refractivity contribution < 1.29 is 22.8 Å². The number of halogens is 1. The van der Waals surface area contributed by atoms with Crippen LogP contribution in [-0.4, -0.2) is 44.2 Å². The quantitative estimate of drug-likeness (QED) is 0.611. The highest BCUT2D eigenvalue weighted by Gasteiger charge is 2.32. The summed E-state index contributed by atoms with van der Waals surface area (Å²) in [4.78, 5) is 42.6. The van der Waals surface area contributed by atoms with E-state index in [1.165, 1.54) is 32.2 Å². The number of nitrogens with one attached hydrogen (secondary N) is 2. The van der Waals surface area contributed by atoms with Gasteiger partial charge in [-0.3, -0.25) is 14.4 Å². The number of hydrogen-bond acceptors (Lipinski definition) is 6. The van der Waals surface area contributed by atoms with Gasteiger partial charge in [0.1, 0.15) is 0 Å². The maximum atomic E-state index is 12.6. The van der Waals surface area contributed by atoms with Crippen LogP contribution in [0.1, 0.15) is 43.5 Å². The smallest absolute Gasteiger partial charge is 0.281 e. The summed E-state index contributed by atoms with van der Waals surface area (Å²) < 4.78 is 26.8. The van der Waals surface area contributed by atoms with Crippen molar-refractivity contribution >= 4 is 45.0 Å². The molecule has 9 nitrogen and oxygen atoms in total. The Labute approximate surface area is 197 Å². The number of piperidine rings is 1.